The van der Waals surface area contributed by atoms with Gasteiger partial charge in [-0.2, -0.15) is 5.10 Å². The molecule has 0 N–H and O–H groups in total. The molecule has 2 rings (SSSR count). The van der Waals surface area contributed by atoms with Gasteiger partial charge in [0.25, 0.3) is 5.91 Å². The van der Waals surface area contributed by atoms with Gasteiger partial charge in [-0.3, -0.25) is 14.3 Å². The molecule has 1 aliphatic heterocycles. The molecule has 6 nitrogen and oxygen atoms in total. The van der Waals surface area contributed by atoms with Gasteiger partial charge in [-0.25, -0.2) is 0 Å². The Hall–Kier alpha value is -1.85. The minimum absolute atomic E-state index is 0.0427. The predicted molar refractivity (Wildman–Crippen MR) is 75.3 cm³/mol. The van der Waals surface area contributed by atoms with Gasteiger partial charge in [0.1, 0.15) is 0 Å². The molecule has 2 amide bonds. The smallest absolute Gasteiger partial charge is 0.256 e. The van der Waals surface area contributed by atoms with Crippen LogP contribution in [0.25, 0.3) is 0 Å². The van der Waals surface area contributed by atoms with Gasteiger partial charge in [-0.1, -0.05) is 0 Å². The molecule has 1 aromatic heterocycles. The van der Waals surface area contributed by atoms with Gasteiger partial charge in [0.05, 0.1) is 11.8 Å². The molecule has 0 bridgehead atoms. The molecule has 1 saturated heterocycles. The van der Waals surface area contributed by atoms with E-state index < -0.39 is 0 Å². The first-order valence-electron chi connectivity index (χ1n) is 6.92. The van der Waals surface area contributed by atoms with E-state index in [2.05, 4.69) is 5.10 Å². The molecule has 110 valence electrons. The van der Waals surface area contributed by atoms with E-state index in [1.165, 1.54) is 0 Å². The van der Waals surface area contributed by atoms with E-state index >= 15 is 0 Å². The molecule has 6 heteroatoms. The van der Waals surface area contributed by atoms with E-state index in [-0.39, 0.29) is 23.8 Å². The Balaban J connectivity index is 1.96. The van der Waals surface area contributed by atoms with Crippen molar-refractivity contribution in [2.24, 2.45) is 5.92 Å². The van der Waals surface area contributed by atoms with E-state index in [0.717, 1.165) is 6.54 Å². The Bertz CT molecular complexity index is 509. The number of amides is 2. The zero-order chi connectivity index (χ0) is 14.9. The van der Waals surface area contributed by atoms with Crippen LogP contribution < -0.4 is 0 Å². The maximum atomic E-state index is 12.3. The average Bonchev–Trinajstić information content (AvgIpc) is 2.96. The van der Waals surface area contributed by atoms with Crippen molar-refractivity contribution in [3.05, 3.63) is 18.0 Å². The third-order valence-corrected chi connectivity index (χ3v) is 3.68. The van der Waals surface area contributed by atoms with Gasteiger partial charge in [0, 0.05) is 51.8 Å². The molecule has 1 fully saturated rings. The number of aromatic nitrogens is 2. The standard InChI is InChI=1S/C14H22N4O2/c1-10(2)18-9-12(6-15-18)14(20)17(4)8-11-5-13(19)16(3)7-11/h6,9-11H,5,7-8H2,1-4H3/t11-/m1/s1. The van der Waals surface area contributed by atoms with Crippen LogP contribution in [0.2, 0.25) is 0 Å². The van der Waals surface area contributed by atoms with E-state index in [0.29, 0.717) is 18.5 Å². The summed E-state index contributed by atoms with van der Waals surface area (Å²) in [5.74, 6) is 0.337. The first-order chi connectivity index (χ1) is 9.38. The molecule has 1 aromatic rings. The minimum Gasteiger partial charge on any atom is -0.345 e. The van der Waals surface area contributed by atoms with Crippen LogP contribution in [0.15, 0.2) is 12.4 Å². The molecule has 1 atom stereocenters. The fourth-order valence-corrected chi connectivity index (χ4v) is 2.50. The lowest BCUT2D eigenvalue weighted by Gasteiger charge is -2.20. The second-order valence-corrected chi connectivity index (χ2v) is 5.83. The van der Waals surface area contributed by atoms with Gasteiger partial charge in [0.2, 0.25) is 5.91 Å². The van der Waals surface area contributed by atoms with Crippen LogP contribution in [-0.4, -0.2) is 58.6 Å². The number of hydrogen-bond donors (Lipinski definition) is 0. The highest BCUT2D eigenvalue weighted by Crippen LogP contribution is 2.17. The van der Waals surface area contributed by atoms with Crippen LogP contribution in [0.5, 0.6) is 0 Å². The molecule has 2 heterocycles. The van der Waals surface area contributed by atoms with Crippen LogP contribution in [0, 0.1) is 5.92 Å². The Morgan fingerprint density at radius 2 is 2.25 bits per heavy atom. The zero-order valence-corrected chi connectivity index (χ0v) is 12.5. The van der Waals surface area contributed by atoms with Crippen molar-refractivity contribution >= 4 is 11.8 Å². The van der Waals surface area contributed by atoms with Gasteiger partial charge < -0.3 is 9.80 Å². The monoisotopic (exact) mass is 278 g/mol. The van der Waals surface area contributed by atoms with Crippen LogP contribution in [0.3, 0.4) is 0 Å². The molecule has 0 spiro atoms. The summed E-state index contributed by atoms with van der Waals surface area (Å²) in [6.07, 6.45) is 3.90. The Morgan fingerprint density at radius 1 is 1.55 bits per heavy atom. The van der Waals surface area contributed by atoms with Gasteiger partial charge in [0.15, 0.2) is 0 Å². The number of hydrogen-bond acceptors (Lipinski definition) is 3. The second-order valence-electron chi connectivity index (χ2n) is 5.83. The molecular formula is C14H22N4O2. The molecule has 0 aromatic carbocycles. The van der Waals surface area contributed by atoms with Crippen molar-refractivity contribution in [3.8, 4) is 0 Å². The molecule has 1 aliphatic rings. The summed E-state index contributed by atoms with van der Waals surface area (Å²) >= 11 is 0. The van der Waals surface area contributed by atoms with E-state index in [4.69, 9.17) is 0 Å². The lowest BCUT2D eigenvalue weighted by atomic mass is 10.1. The SMILES string of the molecule is CC(C)n1cc(C(=O)N(C)C[C@@H]2CC(=O)N(C)C2)cn1. The first-order valence-corrected chi connectivity index (χ1v) is 6.92. The van der Waals surface area contributed by atoms with Crippen LogP contribution in [0.1, 0.15) is 36.7 Å². The van der Waals surface area contributed by atoms with E-state index in [1.54, 1.807) is 41.0 Å². The van der Waals surface area contributed by atoms with E-state index in [9.17, 15) is 9.59 Å². The lowest BCUT2D eigenvalue weighted by Crippen LogP contribution is -2.32. The normalized spacial score (nSPS) is 18.9. The summed E-state index contributed by atoms with van der Waals surface area (Å²) in [6.45, 7) is 5.36. The first kappa shape index (κ1) is 14.6. The maximum Gasteiger partial charge on any atom is 0.256 e. The van der Waals surface area contributed by atoms with Gasteiger partial charge in [-0.15, -0.1) is 0 Å². The number of nitrogens with zero attached hydrogens (tertiary/aromatic N) is 4. The molecule has 0 radical (unpaired) electrons. The summed E-state index contributed by atoms with van der Waals surface area (Å²) in [7, 11) is 3.58. The summed E-state index contributed by atoms with van der Waals surface area (Å²) in [5.41, 5.74) is 0.596. The van der Waals surface area contributed by atoms with Gasteiger partial charge in [-0.05, 0) is 13.8 Å². The van der Waals surface area contributed by atoms with Gasteiger partial charge >= 0.3 is 0 Å². The number of likely N-dealkylation sites (tertiary alicyclic amines) is 1. The van der Waals surface area contributed by atoms with Crippen molar-refractivity contribution in [2.75, 3.05) is 27.2 Å². The summed E-state index contributed by atoms with van der Waals surface area (Å²) < 4.78 is 1.77. The highest BCUT2D eigenvalue weighted by atomic mass is 16.2. The number of rotatable bonds is 4. The van der Waals surface area contributed by atoms with Crippen molar-refractivity contribution in [1.29, 1.82) is 0 Å². The fourth-order valence-electron chi connectivity index (χ4n) is 2.50. The number of carbonyl (C=O) groups excluding carboxylic acids is 2. The summed E-state index contributed by atoms with van der Waals surface area (Å²) in [5, 5.41) is 4.18. The Kier molecular flexibility index (Phi) is 4.11. The Morgan fingerprint density at radius 3 is 2.75 bits per heavy atom. The largest absolute Gasteiger partial charge is 0.345 e. The van der Waals surface area contributed by atoms with Crippen molar-refractivity contribution in [3.63, 3.8) is 0 Å². The minimum atomic E-state index is -0.0427. The highest BCUT2D eigenvalue weighted by Gasteiger charge is 2.29. The molecule has 0 aliphatic carbocycles. The quantitative estimate of drug-likeness (QED) is 0.826. The third kappa shape index (κ3) is 3.00. The molecular weight excluding hydrogens is 256 g/mol. The van der Waals surface area contributed by atoms with Crippen LogP contribution >= 0.6 is 0 Å². The molecule has 0 unspecified atom stereocenters. The third-order valence-electron chi connectivity index (χ3n) is 3.68. The topological polar surface area (TPSA) is 58.4 Å². The van der Waals surface area contributed by atoms with Crippen LogP contribution in [-0.2, 0) is 4.79 Å². The average molecular weight is 278 g/mol. The maximum absolute atomic E-state index is 12.3. The predicted octanol–water partition coefficient (Wildman–Crippen LogP) is 1.01. The summed E-state index contributed by atoms with van der Waals surface area (Å²) in [6, 6.07) is 0.239. The van der Waals surface area contributed by atoms with Crippen LogP contribution in [0.4, 0.5) is 0 Å². The fraction of sp³-hybridized carbons (Fsp3) is 0.643. The highest BCUT2D eigenvalue weighted by molar-refractivity contribution is 5.93. The van der Waals surface area contributed by atoms with E-state index in [1.807, 2.05) is 13.8 Å². The van der Waals surface area contributed by atoms with Crippen molar-refractivity contribution in [1.82, 2.24) is 19.6 Å². The molecule has 0 saturated carbocycles. The zero-order valence-electron chi connectivity index (χ0n) is 12.5. The van der Waals surface area contributed by atoms with Crippen molar-refractivity contribution in [2.45, 2.75) is 26.3 Å². The molecule has 20 heavy (non-hydrogen) atoms. The summed E-state index contributed by atoms with van der Waals surface area (Å²) in [4.78, 5) is 27.2. The lowest BCUT2D eigenvalue weighted by molar-refractivity contribution is -0.126. The van der Waals surface area contributed by atoms with Crippen molar-refractivity contribution < 1.29 is 9.59 Å². The number of carbonyl (C=O) groups is 2. The second kappa shape index (κ2) is 5.64. The Labute approximate surface area is 119 Å².